The summed E-state index contributed by atoms with van der Waals surface area (Å²) < 4.78 is 12.9. The lowest BCUT2D eigenvalue weighted by Gasteiger charge is -2.17. The molecule has 0 radical (unpaired) electrons. The van der Waals surface area contributed by atoms with Crippen LogP contribution in [-0.2, 0) is 0 Å². The van der Waals surface area contributed by atoms with Gasteiger partial charge in [-0.3, -0.25) is 0 Å². The molecule has 96 valence electrons. The molecule has 2 aromatic rings. The second-order valence-corrected chi connectivity index (χ2v) is 4.58. The molecule has 0 aliphatic rings. The van der Waals surface area contributed by atoms with Gasteiger partial charge in [-0.05, 0) is 49.2 Å². The zero-order valence-corrected chi connectivity index (χ0v) is 10.9. The number of benzene rings is 2. The third-order valence-corrected chi connectivity index (χ3v) is 3.04. The first kappa shape index (κ1) is 13.1. The second-order valence-electron chi connectivity index (χ2n) is 4.58. The molecular weight excluding hydrogens is 239 g/mol. The highest BCUT2D eigenvalue weighted by Crippen LogP contribution is 2.23. The molecule has 1 N–H and O–H groups in total. The van der Waals surface area contributed by atoms with E-state index in [0.717, 1.165) is 16.8 Å². The van der Waals surface area contributed by atoms with Crippen molar-refractivity contribution in [3.63, 3.8) is 0 Å². The zero-order chi connectivity index (χ0) is 13.8. The summed E-state index contributed by atoms with van der Waals surface area (Å²) in [6.45, 7) is 3.93. The minimum Gasteiger partial charge on any atom is -0.377 e. The maximum atomic E-state index is 12.9. The van der Waals surface area contributed by atoms with Crippen LogP contribution >= 0.6 is 0 Å². The summed E-state index contributed by atoms with van der Waals surface area (Å²) in [4.78, 5) is 0. The fourth-order valence-electron chi connectivity index (χ4n) is 1.94. The van der Waals surface area contributed by atoms with Crippen molar-refractivity contribution in [2.24, 2.45) is 0 Å². The molecule has 0 spiro atoms. The normalized spacial score (nSPS) is 11.7. The molecule has 0 fully saturated rings. The molecule has 0 aromatic heterocycles. The highest BCUT2D eigenvalue weighted by molar-refractivity contribution is 5.59. The first-order chi connectivity index (χ1) is 9.10. The topological polar surface area (TPSA) is 35.8 Å². The lowest BCUT2D eigenvalue weighted by molar-refractivity contribution is 0.626. The Morgan fingerprint density at radius 1 is 1.16 bits per heavy atom. The van der Waals surface area contributed by atoms with Gasteiger partial charge >= 0.3 is 0 Å². The van der Waals surface area contributed by atoms with Gasteiger partial charge in [0.1, 0.15) is 11.9 Å². The Balaban J connectivity index is 2.21. The Morgan fingerprint density at radius 2 is 1.84 bits per heavy atom. The van der Waals surface area contributed by atoms with Crippen LogP contribution in [0.3, 0.4) is 0 Å². The van der Waals surface area contributed by atoms with E-state index in [9.17, 15) is 4.39 Å². The molecule has 0 saturated carbocycles. The summed E-state index contributed by atoms with van der Waals surface area (Å²) in [7, 11) is 0. The number of halogens is 1. The van der Waals surface area contributed by atoms with Gasteiger partial charge in [-0.15, -0.1) is 0 Å². The summed E-state index contributed by atoms with van der Waals surface area (Å²) >= 11 is 0. The van der Waals surface area contributed by atoms with Crippen LogP contribution in [0.5, 0.6) is 0 Å². The number of hydrogen-bond acceptors (Lipinski definition) is 2. The van der Waals surface area contributed by atoms with E-state index in [-0.39, 0.29) is 11.9 Å². The minimum atomic E-state index is -0.246. The maximum absolute atomic E-state index is 12.9. The van der Waals surface area contributed by atoms with Crippen LogP contribution in [0.25, 0.3) is 0 Å². The quantitative estimate of drug-likeness (QED) is 0.891. The van der Waals surface area contributed by atoms with Gasteiger partial charge in [-0.1, -0.05) is 18.2 Å². The van der Waals surface area contributed by atoms with Gasteiger partial charge in [0.15, 0.2) is 0 Å². The lowest BCUT2D eigenvalue weighted by atomic mass is 10.1. The molecule has 1 unspecified atom stereocenters. The molecule has 0 saturated heterocycles. The average molecular weight is 254 g/mol. The van der Waals surface area contributed by atoms with Crippen LogP contribution in [0.2, 0.25) is 0 Å². The molecule has 2 nitrogen and oxygen atoms in total. The van der Waals surface area contributed by atoms with Crippen LogP contribution in [0.1, 0.15) is 29.7 Å². The van der Waals surface area contributed by atoms with Gasteiger partial charge in [0.2, 0.25) is 0 Å². The van der Waals surface area contributed by atoms with Crippen molar-refractivity contribution in [1.29, 1.82) is 5.26 Å². The first-order valence-corrected chi connectivity index (χ1v) is 6.13. The van der Waals surface area contributed by atoms with Crippen LogP contribution in [0, 0.1) is 24.1 Å². The Bertz CT molecular complexity index is 612. The monoisotopic (exact) mass is 254 g/mol. The lowest BCUT2D eigenvalue weighted by Crippen LogP contribution is -2.08. The Labute approximate surface area is 112 Å². The van der Waals surface area contributed by atoms with Gasteiger partial charge in [0.05, 0.1) is 11.3 Å². The predicted molar refractivity (Wildman–Crippen MR) is 74.3 cm³/mol. The number of nitrogens with zero attached hydrogens (tertiary/aromatic N) is 1. The highest BCUT2D eigenvalue weighted by Gasteiger charge is 2.08. The molecule has 2 rings (SSSR count). The highest BCUT2D eigenvalue weighted by atomic mass is 19.1. The Kier molecular flexibility index (Phi) is 3.82. The summed E-state index contributed by atoms with van der Waals surface area (Å²) in [5.74, 6) is -0.246. The fourth-order valence-corrected chi connectivity index (χ4v) is 1.94. The van der Waals surface area contributed by atoms with E-state index in [1.807, 2.05) is 32.0 Å². The maximum Gasteiger partial charge on any atom is 0.123 e. The number of anilines is 1. The summed E-state index contributed by atoms with van der Waals surface area (Å²) in [5.41, 5.74) is 3.45. The third-order valence-electron chi connectivity index (χ3n) is 3.04. The zero-order valence-electron chi connectivity index (χ0n) is 10.9. The molecule has 0 heterocycles. The largest absolute Gasteiger partial charge is 0.377 e. The van der Waals surface area contributed by atoms with Crippen molar-refractivity contribution in [2.45, 2.75) is 19.9 Å². The smallest absolute Gasteiger partial charge is 0.123 e. The Morgan fingerprint density at radius 3 is 2.47 bits per heavy atom. The van der Waals surface area contributed by atoms with Gasteiger partial charge < -0.3 is 5.32 Å². The van der Waals surface area contributed by atoms with Crippen molar-refractivity contribution in [1.82, 2.24) is 0 Å². The van der Waals surface area contributed by atoms with E-state index < -0.39 is 0 Å². The molecule has 0 aliphatic carbocycles. The van der Waals surface area contributed by atoms with E-state index in [2.05, 4.69) is 11.4 Å². The molecule has 1 atom stereocenters. The molecule has 0 amide bonds. The molecule has 3 heteroatoms. The molecule has 0 aliphatic heterocycles. The van der Waals surface area contributed by atoms with Crippen molar-refractivity contribution in [2.75, 3.05) is 5.32 Å². The van der Waals surface area contributed by atoms with Crippen molar-refractivity contribution < 1.29 is 4.39 Å². The fraction of sp³-hybridized carbons (Fsp3) is 0.188. The van der Waals surface area contributed by atoms with E-state index in [1.165, 1.54) is 12.1 Å². The number of rotatable bonds is 3. The van der Waals surface area contributed by atoms with E-state index in [1.54, 1.807) is 12.1 Å². The third kappa shape index (κ3) is 3.11. The summed E-state index contributed by atoms with van der Waals surface area (Å²) in [6, 6.07) is 14.3. The van der Waals surface area contributed by atoms with E-state index >= 15 is 0 Å². The van der Waals surface area contributed by atoms with Gasteiger partial charge in [0, 0.05) is 6.04 Å². The molecule has 19 heavy (non-hydrogen) atoms. The van der Waals surface area contributed by atoms with Crippen LogP contribution in [-0.4, -0.2) is 0 Å². The molecule has 0 bridgehead atoms. The van der Waals surface area contributed by atoms with Gasteiger partial charge in [0.25, 0.3) is 0 Å². The van der Waals surface area contributed by atoms with Crippen LogP contribution < -0.4 is 5.32 Å². The van der Waals surface area contributed by atoms with Crippen molar-refractivity contribution >= 4 is 5.69 Å². The summed E-state index contributed by atoms with van der Waals surface area (Å²) in [6.07, 6.45) is 0. The van der Waals surface area contributed by atoms with Crippen LogP contribution in [0.15, 0.2) is 42.5 Å². The van der Waals surface area contributed by atoms with E-state index in [4.69, 9.17) is 5.26 Å². The predicted octanol–water partition coefficient (Wildman–Crippen LogP) is 4.18. The van der Waals surface area contributed by atoms with Gasteiger partial charge in [-0.2, -0.15) is 5.26 Å². The average Bonchev–Trinajstić information content (AvgIpc) is 2.41. The molecular formula is C16H15FN2. The van der Waals surface area contributed by atoms with Crippen molar-refractivity contribution in [3.8, 4) is 6.07 Å². The number of hydrogen-bond donors (Lipinski definition) is 1. The number of nitrogens with one attached hydrogen (secondary N) is 1. The SMILES string of the molecule is Cc1ccc(NC(C)c2ccc(F)cc2)c(C#N)c1. The Hall–Kier alpha value is -2.34. The van der Waals surface area contributed by atoms with E-state index in [0.29, 0.717) is 5.56 Å². The second kappa shape index (κ2) is 5.53. The minimum absolute atomic E-state index is 0.00964. The van der Waals surface area contributed by atoms with Crippen molar-refractivity contribution in [3.05, 3.63) is 65.0 Å². The standard InChI is InChI=1S/C16H15FN2/c1-11-3-8-16(14(9-11)10-18)19-12(2)13-4-6-15(17)7-5-13/h3-9,12,19H,1-2H3. The summed E-state index contributed by atoms with van der Waals surface area (Å²) in [5, 5.41) is 12.4. The van der Waals surface area contributed by atoms with Gasteiger partial charge in [-0.25, -0.2) is 4.39 Å². The first-order valence-electron chi connectivity index (χ1n) is 6.13. The van der Waals surface area contributed by atoms with Crippen LogP contribution in [0.4, 0.5) is 10.1 Å². The number of aryl methyl sites for hydroxylation is 1. The molecule has 2 aromatic carbocycles. The number of nitriles is 1.